The normalized spacial score (nSPS) is 12.3. The first-order valence-electron chi connectivity index (χ1n) is 4.22. The first-order valence-corrected chi connectivity index (χ1v) is 4.60. The Morgan fingerprint density at radius 2 is 2.13 bits per heavy atom. The number of aryl methyl sites for hydroxylation is 1. The Hall–Kier alpha value is -1.26. The summed E-state index contributed by atoms with van der Waals surface area (Å²) in [6.07, 6.45) is -1.38. The van der Waals surface area contributed by atoms with Crippen LogP contribution in [-0.2, 0) is 9.53 Å². The lowest BCUT2D eigenvalue weighted by molar-refractivity contribution is -0.150. The summed E-state index contributed by atoms with van der Waals surface area (Å²) in [6, 6.07) is 2.80. The molecule has 1 unspecified atom stereocenters. The van der Waals surface area contributed by atoms with Crippen molar-refractivity contribution in [1.29, 1.82) is 0 Å². The SMILES string of the molecule is COC(=O)C(O)c1cc(C)c(O)c(Cl)c1. The van der Waals surface area contributed by atoms with E-state index in [-0.39, 0.29) is 10.8 Å². The number of phenols is 1. The fraction of sp³-hybridized carbons (Fsp3) is 0.300. The van der Waals surface area contributed by atoms with E-state index in [0.29, 0.717) is 11.1 Å². The quantitative estimate of drug-likeness (QED) is 0.757. The molecule has 0 fully saturated rings. The van der Waals surface area contributed by atoms with Gasteiger partial charge < -0.3 is 14.9 Å². The van der Waals surface area contributed by atoms with E-state index in [0.717, 1.165) is 0 Å². The maximum atomic E-state index is 11.0. The van der Waals surface area contributed by atoms with Gasteiger partial charge in [0.05, 0.1) is 12.1 Å². The van der Waals surface area contributed by atoms with Gasteiger partial charge in [0, 0.05) is 0 Å². The van der Waals surface area contributed by atoms with Crippen LogP contribution < -0.4 is 0 Å². The number of aromatic hydroxyl groups is 1. The lowest BCUT2D eigenvalue weighted by Crippen LogP contribution is -2.13. The van der Waals surface area contributed by atoms with Gasteiger partial charge in [-0.25, -0.2) is 4.79 Å². The van der Waals surface area contributed by atoms with Gasteiger partial charge in [0.2, 0.25) is 0 Å². The molecule has 5 heteroatoms. The number of ether oxygens (including phenoxy) is 1. The number of hydrogen-bond acceptors (Lipinski definition) is 4. The Morgan fingerprint density at radius 3 is 2.60 bits per heavy atom. The molecular formula is C10H11ClO4. The van der Waals surface area contributed by atoms with Gasteiger partial charge in [-0.2, -0.15) is 0 Å². The summed E-state index contributed by atoms with van der Waals surface area (Å²) in [5, 5.41) is 19.0. The van der Waals surface area contributed by atoms with E-state index in [4.69, 9.17) is 11.6 Å². The van der Waals surface area contributed by atoms with Crippen molar-refractivity contribution >= 4 is 17.6 Å². The topological polar surface area (TPSA) is 66.8 Å². The van der Waals surface area contributed by atoms with E-state index in [1.165, 1.54) is 19.2 Å². The van der Waals surface area contributed by atoms with Gasteiger partial charge >= 0.3 is 5.97 Å². The predicted molar refractivity (Wildman–Crippen MR) is 54.8 cm³/mol. The van der Waals surface area contributed by atoms with Crippen molar-refractivity contribution in [3.63, 3.8) is 0 Å². The van der Waals surface area contributed by atoms with Crippen LogP contribution in [-0.4, -0.2) is 23.3 Å². The number of methoxy groups -OCH3 is 1. The second kappa shape index (κ2) is 4.51. The Bertz CT molecular complexity index is 366. The zero-order valence-electron chi connectivity index (χ0n) is 8.32. The average Bonchev–Trinajstić information content (AvgIpc) is 2.23. The number of aliphatic hydroxyl groups is 1. The smallest absolute Gasteiger partial charge is 0.339 e. The second-order valence-corrected chi connectivity index (χ2v) is 3.50. The third kappa shape index (κ3) is 2.40. The molecule has 0 aliphatic carbocycles. The molecule has 82 valence electrons. The number of phenolic OH excluding ortho intramolecular Hbond substituents is 1. The molecule has 0 bridgehead atoms. The van der Waals surface area contributed by atoms with Crippen molar-refractivity contribution in [1.82, 2.24) is 0 Å². The van der Waals surface area contributed by atoms with Crippen LogP contribution in [0.1, 0.15) is 17.2 Å². The minimum atomic E-state index is -1.38. The number of carbonyl (C=O) groups is 1. The van der Waals surface area contributed by atoms with Gasteiger partial charge in [-0.3, -0.25) is 0 Å². The number of esters is 1. The minimum absolute atomic E-state index is 0.0579. The summed E-state index contributed by atoms with van der Waals surface area (Å²) >= 11 is 5.70. The monoisotopic (exact) mass is 230 g/mol. The molecule has 0 heterocycles. The molecule has 0 saturated carbocycles. The van der Waals surface area contributed by atoms with E-state index >= 15 is 0 Å². The van der Waals surface area contributed by atoms with Crippen molar-refractivity contribution < 1.29 is 19.7 Å². The van der Waals surface area contributed by atoms with Crippen LogP contribution in [0, 0.1) is 6.92 Å². The number of rotatable bonds is 2. The van der Waals surface area contributed by atoms with Crippen LogP contribution in [0.3, 0.4) is 0 Å². The summed E-state index contributed by atoms with van der Waals surface area (Å²) in [6.45, 7) is 1.62. The maximum Gasteiger partial charge on any atom is 0.339 e. The third-order valence-corrected chi connectivity index (χ3v) is 2.30. The molecule has 4 nitrogen and oxygen atoms in total. The Balaban J connectivity index is 3.11. The third-order valence-electron chi connectivity index (χ3n) is 2.02. The Kier molecular flexibility index (Phi) is 3.55. The average molecular weight is 231 g/mol. The molecule has 2 N–H and O–H groups in total. The summed E-state index contributed by atoms with van der Waals surface area (Å²) in [5.74, 6) is -0.825. The van der Waals surface area contributed by atoms with Crippen molar-refractivity contribution in [3.05, 3.63) is 28.3 Å². The number of halogens is 1. The first kappa shape index (κ1) is 11.8. The van der Waals surface area contributed by atoms with Gasteiger partial charge in [0.15, 0.2) is 6.10 Å². The maximum absolute atomic E-state index is 11.0. The van der Waals surface area contributed by atoms with Gasteiger partial charge in [-0.05, 0) is 30.2 Å². The molecule has 1 aromatic rings. The summed E-state index contributed by atoms with van der Waals surface area (Å²) in [7, 11) is 1.18. The van der Waals surface area contributed by atoms with Crippen LogP contribution in [0.4, 0.5) is 0 Å². The second-order valence-electron chi connectivity index (χ2n) is 3.09. The van der Waals surface area contributed by atoms with E-state index < -0.39 is 12.1 Å². The molecule has 1 atom stereocenters. The Morgan fingerprint density at radius 1 is 1.53 bits per heavy atom. The zero-order valence-corrected chi connectivity index (χ0v) is 9.08. The number of hydrogen-bond donors (Lipinski definition) is 2. The molecule has 0 aromatic heterocycles. The lowest BCUT2D eigenvalue weighted by atomic mass is 10.1. The zero-order chi connectivity index (χ0) is 11.6. The predicted octanol–water partition coefficient (Wildman–Crippen LogP) is 1.56. The first-order chi connectivity index (χ1) is 6.97. The van der Waals surface area contributed by atoms with Gasteiger partial charge in [0.1, 0.15) is 5.75 Å². The fourth-order valence-corrected chi connectivity index (χ4v) is 1.44. The highest BCUT2D eigenvalue weighted by atomic mass is 35.5. The van der Waals surface area contributed by atoms with Crippen molar-refractivity contribution in [3.8, 4) is 5.75 Å². The van der Waals surface area contributed by atoms with Gasteiger partial charge in [0.25, 0.3) is 0 Å². The summed E-state index contributed by atoms with van der Waals surface area (Å²) < 4.78 is 4.38. The van der Waals surface area contributed by atoms with Crippen LogP contribution in [0.25, 0.3) is 0 Å². The van der Waals surface area contributed by atoms with Crippen molar-refractivity contribution in [2.24, 2.45) is 0 Å². The number of carbonyl (C=O) groups excluding carboxylic acids is 1. The molecule has 15 heavy (non-hydrogen) atoms. The molecule has 0 spiro atoms. The van der Waals surface area contributed by atoms with Crippen molar-refractivity contribution in [2.45, 2.75) is 13.0 Å². The summed E-state index contributed by atoms with van der Waals surface area (Å²) in [5.41, 5.74) is 0.780. The van der Waals surface area contributed by atoms with Gasteiger partial charge in [-0.1, -0.05) is 11.6 Å². The van der Waals surface area contributed by atoms with Gasteiger partial charge in [-0.15, -0.1) is 0 Å². The van der Waals surface area contributed by atoms with Crippen molar-refractivity contribution in [2.75, 3.05) is 7.11 Å². The molecule has 1 aromatic carbocycles. The van der Waals surface area contributed by atoms with Crippen LogP contribution in [0.2, 0.25) is 5.02 Å². The highest BCUT2D eigenvalue weighted by Gasteiger charge is 2.19. The Labute approximate surface area is 92.1 Å². The van der Waals surface area contributed by atoms with E-state index in [2.05, 4.69) is 4.74 Å². The van der Waals surface area contributed by atoms with Crippen LogP contribution in [0.5, 0.6) is 5.75 Å². The number of aliphatic hydroxyl groups excluding tert-OH is 1. The van der Waals surface area contributed by atoms with E-state index in [9.17, 15) is 15.0 Å². The molecule has 0 aliphatic heterocycles. The molecule has 1 rings (SSSR count). The highest BCUT2D eigenvalue weighted by Crippen LogP contribution is 2.30. The van der Waals surface area contributed by atoms with Crippen LogP contribution in [0.15, 0.2) is 12.1 Å². The summed E-state index contributed by atoms with van der Waals surface area (Å²) in [4.78, 5) is 11.0. The van der Waals surface area contributed by atoms with Crippen LogP contribution >= 0.6 is 11.6 Å². The molecule has 0 amide bonds. The lowest BCUT2D eigenvalue weighted by Gasteiger charge is -2.11. The number of benzene rings is 1. The molecule has 0 aliphatic rings. The largest absolute Gasteiger partial charge is 0.506 e. The fourth-order valence-electron chi connectivity index (χ4n) is 1.17. The molecule has 0 radical (unpaired) electrons. The highest BCUT2D eigenvalue weighted by molar-refractivity contribution is 6.32. The molecular weight excluding hydrogens is 220 g/mol. The van der Waals surface area contributed by atoms with E-state index in [1.807, 2.05) is 0 Å². The van der Waals surface area contributed by atoms with E-state index in [1.54, 1.807) is 6.92 Å². The molecule has 0 saturated heterocycles. The standard InChI is InChI=1S/C10H11ClO4/c1-5-3-6(4-7(11)8(5)12)9(13)10(14)15-2/h3-4,9,12-13H,1-2H3. The minimum Gasteiger partial charge on any atom is -0.506 e.